The van der Waals surface area contributed by atoms with Crippen LogP contribution in [0.1, 0.15) is 12.7 Å². The highest BCUT2D eigenvalue weighted by atomic mass is 16.5. The van der Waals surface area contributed by atoms with Crippen molar-refractivity contribution in [3.8, 4) is 0 Å². The van der Waals surface area contributed by atoms with E-state index in [1.165, 1.54) is 0 Å². The topological polar surface area (TPSA) is 96.5 Å². The number of aromatic nitrogens is 2. The van der Waals surface area contributed by atoms with Crippen LogP contribution in [0.3, 0.4) is 0 Å². The lowest BCUT2D eigenvalue weighted by molar-refractivity contribution is 0.0722. The quantitative estimate of drug-likeness (QED) is 0.492. The van der Waals surface area contributed by atoms with Crippen LogP contribution in [0.2, 0.25) is 0 Å². The molecule has 2 heterocycles. The number of morpholine rings is 1. The first-order valence-electron chi connectivity index (χ1n) is 6.08. The first-order valence-corrected chi connectivity index (χ1v) is 6.08. The van der Waals surface area contributed by atoms with Crippen molar-refractivity contribution in [2.45, 2.75) is 19.4 Å². The Labute approximate surface area is 106 Å². The molecule has 1 aromatic rings. The van der Waals surface area contributed by atoms with Gasteiger partial charge in [0.25, 0.3) is 0 Å². The molecule has 0 radical (unpaired) electrons. The molecule has 1 saturated heterocycles. The molecule has 0 amide bonds. The van der Waals surface area contributed by atoms with Gasteiger partial charge < -0.3 is 20.2 Å². The molecule has 1 atom stereocenters. The third kappa shape index (κ3) is 2.69. The van der Waals surface area contributed by atoms with Gasteiger partial charge in [0.05, 0.1) is 25.9 Å². The Balaban J connectivity index is 2.29. The maximum Gasteiger partial charge on any atom is 0.145 e. The molecule has 4 N–H and O–H groups in total. The number of aryl methyl sites for hydroxylation is 1. The lowest BCUT2D eigenvalue weighted by Gasteiger charge is -2.35. The summed E-state index contributed by atoms with van der Waals surface area (Å²) in [4.78, 5) is 10.8. The summed E-state index contributed by atoms with van der Waals surface area (Å²) in [7, 11) is 0. The van der Waals surface area contributed by atoms with Crippen molar-refractivity contribution in [2.75, 3.05) is 36.7 Å². The molecule has 7 heteroatoms. The minimum Gasteiger partial charge on any atom is -0.394 e. The van der Waals surface area contributed by atoms with Crippen molar-refractivity contribution in [3.05, 3.63) is 11.9 Å². The number of hydrogen-bond acceptors (Lipinski definition) is 7. The molecular formula is C11H19N5O2. The predicted octanol–water partition coefficient (Wildman–Crippen LogP) is -0.478. The first-order chi connectivity index (χ1) is 8.78. The summed E-state index contributed by atoms with van der Waals surface area (Å²) in [5.41, 5.74) is 2.54. The molecule has 0 aromatic carbocycles. The molecule has 0 saturated carbocycles. The Morgan fingerprint density at radius 2 is 2.44 bits per heavy atom. The van der Waals surface area contributed by atoms with Crippen LogP contribution in [0, 0.1) is 0 Å². The van der Waals surface area contributed by atoms with Gasteiger partial charge in [-0.1, -0.05) is 6.92 Å². The first kappa shape index (κ1) is 13.0. The van der Waals surface area contributed by atoms with E-state index in [2.05, 4.69) is 15.4 Å². The summed E-state index contributed by atoms with van der Waals surface area (Å²) in [6.45, 7) is 3.87. The minimum atomic E-state index is -0.0658. The fourth-order valence-corrected chi connectivity index (χ4v) is 1.97. The second-order valence-electron chi connectivity index (χ2n) is 4.13. The van der Waals surface area contributed by atoms with Crippen LogP contribution < -0.4 is 16.2 Å². The normalized spacial score (nSPS) is 19.9. The third-order valence-corrected chi connectivity index (χ3v) is 2.96. The molecule has 1 aliphatic rings. The highest BCUT2D eigenvalue weighted by molar-refractivity contribution is 5.50. The number of hydrogen-bond donors (Lipinski definition) is 3. The number of hydrazine groups is 1. The summed E-state index contributed by atoms with van der Waals surface area (Å²) in [5, 5.41) is 9.37. The second-order valence-corrected chi connectivity index (χ2v) is 4.13. The van der Waals surface area contributed by atoms with Gasteiger partial charge in [-0.2, -0.15) is 0 Å². The number of anilines is 2. The lowest BCUT2D eigenvalue weighted by atomic mass is 10.2. The summed E-state index contributed by atoms with van der Waals surface area (Å²) >= 11 is 0. The maximum atomic E-state index is 9.37. The Bertz CT molecular complexity index is 379. The van der Waals surface area contributed by atoms with Gasteiger partial charge >= 0.3 is 0 Å². The van der Waals surface area contributed by atoms with Crippen molar-refractivity contribution in [1.82, 2.24) is 9.97 Å². The van der Waals surface area contributed by atoms with E-state index >= 15 is 0 Å². The molecule has 1 aliphatic heterocycles. The van der Waals surface area contributed by atoms with Crippen LogP contribution in [-0.2, 0) is 11.2 Å². The number of nitrogen functional groups attached to an aromatic ring is 1. The minimum absolute atomic E-state index is 0.0385. The van der Waals surface area contributed by atoms with Crippen LogP contribution >= 0.6 is 0 Å². The van der Waals surface area contributed by atoms with Gasteiger partial charge in [-0.05, 0) is 0 Å². The van der Waals surface area contributed by atoms with Crippen LogP contribution in [0.5, 0.6) is 0 Å². The Morgan fingerprint density at radius 1 is 1.61 bits per heavy atom. The molecule has 1 fully saturated rings. The fraction of sp³-hybridized carbons (Fsp3) is 0.636. The van der Waals surface area contributed by atoms with E-state index < -0.39 is 0 Å². The van der Waals surface area contributed by atoms with Gasteiger partial charge in [0.15, 0.2) is 0 Å². The highest BCUT2D eigenvalue weighted by Gasteiger charge is 2.24. The molecule has 1 aromatic heterocycles. The Hall–Kier alpha value is -1.44. The maximum absolute atomic E-state index is 9.37. The number of aliphatic hydroxyl groups excluding tert-OH is 1. The zero-order valence-electron chi connectivity index (χ0n) is 10.5. The zero-order valence-corrected chi connectivity index (χ0v) is 10.5. The van der Waals surface area contributed by atoms with Crippen molar-refractivity contribution < 1.29 is 9.84 Å². The van der Waals surface area contributed by atoms with Gasteiger partial charge in [-0.3, -0.25) is 0 Å². The predicted molar refractivity (Wildman–Crippen MR) is 68.3 cm³/mol. The van der Waals surface area contributed by atoms with Crippen LogP contribution in [0.15, 0.2) is 6.07 Å². The van der Waals surface area contributed by atoms with Gasteiger partial charge in [0, 0.05) is 19.0 Å². The second kappa shape index (κ2) is 5.94. The number of nitrogens with zero attached hydrogens (tertiary/aromatic N) is 3. The van der Waals surface area contributed by atoms with E-state index in [9.17, 15) is 5.11 Å². The van der Waals surface area contributed by atoms with Crippen molar-refractivity contribution in [2.24, 2.45) is 5.84 Å². The molecule has 1 unspecified atom stereocenters. The largest absolute Gasteiger partial charge is 0.394 e. The SMILES string of the molecule is CCc1nc(NN)cc(N2CCOCC2CO)n1. The number of nitrogens with two attached hydrogens (primary N) is 1. The Kier molecular flexibility index (Phi) is 4.29. The van der Waals surface area contributed by atoms with Gasteiger partial charge in [-0.25, -0.2) is 15.8 Å². The van der Waals surface area contributed by atoms with Crippen LogP contribution in [0.25, 0.3) is 0 Å². The summed E-state index contributed by atoms with van der Waals surface area (Å²) in [5.74, 6) is 7.49. The molecule has 0 spiro atoms. The molecule has 18 heavy (non-hydrogen) atoms. The van der Waals surface area contributed by atoms with Crippen molar-refractivity contribution in [3.63, 3.8) is 0 Å². The summed E-state index contributed by atoms with van der Waals surface area (Å²) in [6, 6.07) is 1.72. The van der Waals surface area contributed by atoms with Gasteiger partial charge in [0.2, 0.25) is 0 Å². The monoisotopic (exact) mass is 253 g/mol. The molecule has 100 valence electrons. The van der Waals surface area contributed by atoms with E-state index in [1.54, 1.807) is 6.07 Å². The highest BCUT2D eigenvalue weighted by Crippen LogP contribution is 2.20. The smallest absolute Gasteiger partial charge is 0.145 e. The average Bonchev–Trinajstić information content (AvgIpc) is 2.46. The Morgan fingerprint density at radius 3 is 3.11 bits per heavy atom. The van der Waals surface area contributed by atoms with Crippen molar-refractivity contribution in [1.29, 1.82) is 0 Å². The third-order valence-electron chi connectivity index (χ3n) is 2.96. The molecule has 0 aliphatic carbocycles. The van der Waals surface area contributed by atoms with Crippen molar-refractivity contribution >= 4 is 11.6 Å². The number of ether oxygens (including phenoxy) is 1. The lowest BCUT2D eigenvalue weighted by Crippen LogP contribution is -2.48. The van der Waals surface area contributed by atoms with Crippen LogP contribution in [-0.4, -0.2) is 47.5 Å². The van der Waals surface area contributed by atoms with E-state index in [0.29, 0.717) is 25.6 Å². The van der Waals surface area contributed by atoms with Gasteiger partial charge in [0.1, 0.15) is 17.5 Å². The molecule has 0 bridgehead atoms. The van der Waals surface area contributed by atoms with E-state index in [1.807, 2.05) is 11.8 Å². The summed E-state index contributed by atoms with van der Waals surface area (Å²) in [6.07, 6.45) is 0.733. The number of rotatable bonds is 4. The van der Waals surface area contributed by atoms with Crippen LogP contribution in [0.4, 0.5) is 11.6 Å². The summed E-state index contributed by atoms with van der Waals surface area (Å²) < 4.78 is 5.35. The molecule has 7 nitrogen and oxygen atoms in total. The number of nitrogens with one attached hydrogen (secondary N) is 1. The standard InChI is InChI=1S/C11H19N5O2/c1-2-9-13-10(15-12)5-11(14-9)16-3-4-18-7-8(16)6-17/h5,8,17H,2-4,6-7,12H2,1H3,(H,13,14,15). The van der Waals surface area contributed by atoms with E-state index in [0.717, 1.165) is 18.1 Å². The fourth-order valence-electron chi connectivity index (χ4n) is 1.97. The van der Waals surface area contributed by atoms with Gasteiger partial charge in [-0.15, -0.1) is 0 Å². The van der Waals surface area contributed by atoms with E-state index in [-0.39, 0.29) is 12.6 Å². The average molecular weight is 253 g/mol. The number of aliphatic hydroxyl groups is 1. The molecule has 2 rings (SSSR count). The zero-order chi connectivity index (χ0) is 13.0. The molecular weight excluding hydrogens is 234 g/mol. The van der Waals surface area contributed by atoms with E-state index in [4.69, 9.17) is 10.6 Å².